The molecule has 0 fully saturated rings. The van der Waals surface area contributed by atoms with E-state index in [4.69, 9.17) is 11.6 Å². The summed E-state index contributed by atoms with van der Waals surface area (Å²) in [4.78, 5) is 11.5. The van der Waals surface area contributed by atoms with E-state index in [1.807, 2.05) is 13.0 Å². The van der Waals surface area contributed by atoms with Crippen molar-refractivity contribution in [3.05, 3.63) is 52.0 Å². The van der Waals surface area contributed by atoms with Crippen LogP contribution in [-0.2, 0) is 4.79 Å². The molecule has 1 aromatic carbocycles. The van der Waals surface area contributed by atoms with Crippen LogP contribution in [0.1, 0.15) is 6.92 Å². The van der Waals surface area contributed by atoms with Gasteiger partial charge in [0, 0.05) is 15.6 Å². The smallest absolute Gasteiger partial charge is 0.248 e. The third kappa shape index (κ3) is 4.21. The zero-order valence-corrected chi connectivity index (χ0v) is 11.0. The lowest BCUT2D eigenvalue weighted by molar-refractivity contribution is -0.111. The molecule has 0 spiro atoms. The van der Waals surface area contributed by atoms with Gasteiger partial charge in [-0.3, -0.25) is 4.79 Å². The van der Waals surface area contributed by atoms with E-state index in [1.54, 1.807) is 30.4 Å². The molecule has 0 aliphatic rings. The Morgan fingerprint density at radius 2 is 2.19 bits per heavy atom. The van der Waals surface area contributed by atoms with E-state index in [9.17, 15) is 4.79 Å². The van der Waals surface area contributed by atoms with Crippen molar-refractivity contribution in [2.45, 2.75) is 6.92 Å². The first-order valence-electron chi connectivity index (χ1n) is 4.69. The molecule has 0 aliphatic heterocycles. The Kier molecular flexibility index (Phi) is 5.29. The summed E-state index contributed by atoms with van der Waals surface area (Å²) < 4.78 is 0.796. The summed E-state index contributed by atoms with van der Waals surface area (Å²) in [6, 6.07) is 5.22. The molecule has 0 saturated carbocycles. The molecule has 2 nitrogen and oxygen atoms in total. The number of amides is 1. The molecule has 1 aromatic rings. The first kappa shape index (κ1) is 13.0. The van der Waals surface area contributed by atoms with Crippen LogP contribution in [0.3, 0.4) is 0 Å². The SMILES string of the molecule is CC=CC=CC(=O)Nc1cc(Cl)ccc1Br. The Morgan fingerprint density at radius 1 is 1.44 bits per heavy atom. The third-order valence-electron chi connectivity index (χ3n) is 1.74. The molecule has 16 heavy (non-hydrogen) atoms. The van der Waals surface area contributed by atoms with E-state index in [0.29, 0.717) is 10.7 Å². The fourth-order valence-corrected chi connectivity index (χ4v) is 1.54. The molecule has 1 N–H and O–H groups in total. The highest BCUT2D eigenvalue weighted by Gasteiger charge is 2.02. The number of hydrogen-bond acceptors (Lipinski definition) is 1. The molecule has 1 rings (SSSR count). The lowest BCUT2D eigenvalue weighted by atomic mass is 10.3. The Labute approximate surface area is 108 Å². The van der Waals surface area contributed by atoms with Crippen LogP contribution in [0.2, 0.25) is 5.02 Å². The van der Waals surface area contributed by atoms with Gasteiger partial charge in [-0.2, -0.15) is 0 Å². The molecule has 0 radical (unpaired) electrons. The average molecular weight is 301 g/mol. The highest BCUT2D eigenvalue weighted by Crippen LogP contribution is 2.25. The van der Waals surface area contributed by atoms with Crippen LogP contribution in [0.15, 0.2) is 47.0 Å². The number of halogens is 2. The van der Waals surface area contributed by atoms with Crippen molar-refractivity contribution in [1.82, 2.24) is 0 Å². The maximum atomic E-state index is 11.5. The first-order valence-corrected chi connectivity index (χ1v) is 5.86. The van der Waals surface area contributed by atoms with Crippen LogP contribution in [0.4, 0.5) is 5.69 Å². The fourth-order valence-electron chi connectivity index (χ4n) is 1.02. The van der Waals surface area contributed by atoms with Crippen LogP contribution in [0.5, 0.6) is 0 Å². The van der Waals surface area contributed by atoms with E-state index in [1.165, 1.54) is 6.08 Å². The van der Waals surface area contributed by atoms with Gasteiger partial charge in [-0.1, -0.05) is 29.8 Å². The molecule has 0 aliphatic carbocycles. The molecule has 0 saturated heterocycles. The summed E-state index contributed by atoms with van der Waals surface area (Å²) in [5.41, 5.74) is 0.655. The van der Waals surface area contributed by atoms with Gasteiger partial charge in [-0.25, -0.2) is 0 Å². The average Bonchev–Trinajstić information content (AvgIpc) is 2.24. The third-order valence-corrected chi connectivity index (χ3v) is 2.66. The minimum Gasteiger partial charge on any atom is -0.321 e. The van der Waals surface area contributed by atoms with Crippen molar-refractivity contribution >= 4 is 39.1 Å². The lowest BCUT2D eigenvalue weighted by Gasteiger charge is -2.05. The van der Waals surface area contributed by atoms with Crippen molar-refractivity contribution in [2.24, 2.45) is 0 Å². The van der Waals surface area contributed by atoms with Crippen molar-refractivity contribution < 1.29 is 4.79 Å². The topological polar surface area (TPSA) is 29.1 Å². The number of benzene rings is 1. The summed E-state index contributed by atoms with van der Waals surface area (Å²) in [7, 11) is 0. The number of allylic oxidation sites excluding steroid dienone is 3. The second-order valence-corrected chi connectivity index (χ2v) is 4.29. The van der Waals surface area contributed by atoms with Crippen LogP contribution in [0, 0.1) is 0 Å². The van der Waals surface area contributed by atoms with Gasteiger partial charge in [0.25, 0.3) is 0 Å². The second-order valence-electron chi connectivity index (χ2n) is 3.00. The van der Waals surface area contributed by atoms with Crippen LogP contribution < -0.4 is 5.32 Å². The highest BCUT2D eigenvalue weighted by atomic mass is 79.9. The van der Waals surface area contributed by atoms with E-state index in [-0.39, 0.29) is 5.91 Å². The van der Waals surface area contributed by atoms with Gasteiger partial charge in [0.05, 0.1) is 5.69 Å². The standard InChI is InChI=1S/C12H11BrClNO/c1-2-3-4-5-12(16)15-11-8-9(14)6-7-10(11)13/h2-8H,1H3,(H,15,16). The summed E-state index contributed by atoms with van der Waals surface area (Å²) in [5.74, 6) is -0.193. The molecule has 0 aromatic heterocycles. The normalized spacial score (nSPS) is 11.2. The maximum Gasteiger partial charge on any atom is 0.248 e. The predicted octanol–water partition coefficient (Wildman–Crippen LogP) is 4.17. The van der Waals surface area contributed by atoms with E-state index >= 15 is 0 Å². The predicted molar refractivity (Wildman–Crippen MR) is 71.7 cm³/mol. The Morgan fingerprint density at radius 3 is 2.88 bits per heavy atom. The van der Waals surface area contributed by atoms with Crippen LogP contribution >= 0.6 is 27.5 Å². The summed E-state index contributed by atoms with van der Waals surface area (Å²) in [5, 5.41) is 3.30. The Bertz CT molecular complexity index is 441. The molecule has 1 amide bonds. The zero-order chi connectivity index (χ0) is 12.0. The van der Waals surface area contributed by atoms with Gasteiger partial charge in [0.15, 0.2) is 0 Å². The molecule has 0 bridgehead atoms. The van der Waals surface area contributed by atoms with Gasteiger partial charge in [-0.15, -0.1) is 0 Å². The Hall–Kier alpha value is -1.06. The molecular formula is C12H11BrClNO. The van der Waals surface area contributed by atoms with Gasteiger partial charge >= 0.3 is 0 Å². The summed E-state index contributed by atoms with van der Waals surface area (Å²) in [6.45, 7) is 1.88. The van der Waals surface area contributed by atoms with E-state index in [0.717, 1.165) is 4.47 Å². The quantitative estimate of drug-likeness (QED) is 0.658. The van der Waals surface area contributed by atoms with Crippen molar-refractivity contribution in [3.63, 3.8) is 0 Å². The number of rotatable bonds is 3. The molecular weight excluding hydrogens is 289 g/mol. The summed E-state index contributed by atoms with van der Waals surface area (Å²) >= 11 is 9.16. The van der Waals surface area contributed by atoms with Crippen molar-refractivity contribution in [1.29, 1.82) is 0 Å². The monoisotopic (exact) mass is 299 g/mol. The fraction of sp³-hybridized carbons (Fsp3) is 0.0833. The Balaban J connectivity index is 2.73. The zero-order valence-electron chi connectivity index (χ0n) is 8.71. The summed E-state index contributed by atoms with van der Waals surface area (Å²) in [6.07, 6.45) is 6.76. The number of carbonyl (C=O) groups excluding carboxylic acids is 1. The van der Waals surface area contributed by atoms with Gasteiger partial charge < -0.3 is 5.32 Å². The molecule has 0 heterocycles. The van der Waals surface area contributed by atoms with Gasteiger partial charge in [0.1, 0.15) is 0 Å². The molecule has 4 heteroatoms. The van der Waals surface area contributed by atoms with Crippen LogP contribution in [-0.4, -0.2) is 5.91 Å². The van der Waals surface area contributed by atoms with Crippen molar-refractivity contribution in [3.8, 4) is 0 Å². The molecule has 0 atom stereocenters. The number of hydrogen-bond donors (Lipinski definition) is 1. The maximum absolute atomic E-state index is 11.5. The number of anilines is 1. The van der Waals surface area contributed by atoms with Gasteiger partial charge in [0.2, 0.25) is 5.91 Å². The van der Waals surface area contributed by atoms with Gasteiger partial charge in [-0.05, 0) is 41.1 Å². The largest absolute Gasteiger partial charge is 0.321 e. The highest BCUT2D eigenvalue weighted by molar-refractivity contribution is 9.10. The molecule has 84 valence electrons. The number of nitrogens with one attached hydrogen (secondary N) is 1. The van der Waals surface area contributed by atoms with Crippen molar-refractivity contribution in [2.75, 3.05) is 5.32 Å². The lowest BCUT2D eigenvalue weighted by Crippen LogP contribution is -2.08. The van der Waals surface area contributed by atoms with E-state index in [2.05, 4.69) is 21.2 Å². The van der Waals surface area contributed by atoms with Crippen LogP contribution in [0.25, 0.3) is 0 Å². The first-order chi connectivity index (χ1) is 7.63. The molecule has 0 unspecified atom stereocenters. The number of carbonyl (C=O) groups is 1. The van der Waals surface area contributed by atoms with E-state index < -0.39 is 0 Å². The minimum atomic E-state index is -0.193. The minimum absolute atomic E-state index is 0.193. The second kappa shape index (κ2) is 6.51.